The Hall–Kier alpha value is -1.42. The highest BCUT2D eigenvalue weighted by molar-refractivity contribution is 6.17. The van der Waals surface area contributed by atoms with Gasteiger partial charge in [-0.25, -0.2) is 9.07 Å². The highest BCUT2D eigenvalue weighted by Gasteiger charge is 2.04. The summed E-state index contributed by atoms with van der Waals surface area (Å²) in [5.41, 5.74) is 2.83. The standard InChI is InChI=1S/C12H13ClFN3/c1-9-6-11(14)3-2-10(9)7-17-8-12(4-5-13)15-16-17/h2-3,6,8H,4-5,7H2,1H3. The smallest absolute Gasteiger partial charge is 0.123 e. The van der Waals surface area contributed by atoms with Crippen molar-refractivity contribution in [2.24, 2.45) is 0 Å². The van der Waals surface area contributed by atoms with E-state index in [4.69, 9.17) is 11.6 Å². The summed E-state index contributed by atoms with van der Waals surface area (Å²) in [6.07, 6.45) is 2.58. The molecule has 0 saturated heterocycles. The predicted molar refractivity (Wildman–Crippen MR) is 64.7 cm³/mol. The molecule has 2 rings (SSSR count). The number of alkyl halides is 1. The zero-order valence-electron chi connectivity index (χ0n) is 9.53. The van der Waals surface area contributed by atoms with Crippen molar-refractivity contribution in [1.29, 1.82) is 0 Å². The van der Waals surface area contributed by atoms with Crippen molar-refractivity contribution in [2.45, 2.75) is 19.9 Å². The Bertz CT molecular complexity index is 510. The number of aromatic nitrogens is 3. The predicted octanol–water partition coefficient (Wildman–Crippen LogP) is 2.56. The van der Waals surface area contributed by atoms with E-state index in [1.165, 1.54) is 12.1 Å². The number of aryl methyl sites for hydroxylation is 2. The van der Waals surface area contributed by atoms with E-state index in [-0.39, 0.29) is 5.82 Å². The van der Waals surface area contributed by atoms with Crippen molar-refractivity contribution in [1.82, 2.24) is 15.0 Å². The lowest BCUT2D eigenvalue weighted by molar-refractivity contribution is 0.619. The van der Waals surface area contributed by atoms with Gasteiger partial charge in [0.2, 0.25) is 0 Å². The van der Waals surface area contributed by atoms with E-state index in [0.717, 1.165) is 16.8 Å². The fraction of sp³-hybridized carbons (Fsp3) is 0.333. The van der Waals surface area contributed by atoms with Crippen molar-refractivity contribution >= 4 is 11.6 Å². The number of hydrogen-bond donors (Lipinski definition) is 0. The first-order valence-corrected chi connectivity index (χ1v) is 5.92. The number of nitrogens with zero attached hydrogens (tertiary/aromatic N) is 3. The number of rotatable bonds is 4. The van der Waals surface area contributed by atoms with Gasteiger partial charge in [-0.05, 0) is 30.2 Å². The normalized spacial score (nSPS) is 10.8. The minimum Gasteiger partial charge on any atom is -0.248 e. The molecule has 3 nitrogen and oxygen atoms in total. The monoisotopic (exact) mass is 253 g/mol. The van der Waals surface area contributed by atoms with Crippen LogP contribution in [0.3, 0.4) is 0 Å². The first-order valence-electron chi connectivity index (χ1n) is 5.39. The second-order valence-corrected chi connectivity index (χ2v) is 4.30. The van der Waals surface area contributed by atoms with Crippen molar-refractivity contribution in [3.63, 3.8) is 0 Å². The molecule has 0 unspecified atom stereocenters. The third kappa shape index (κ3) is 3.03. The highest BCUT2D eigenvalue weighted by Crippen LogP contribution is 2.11. The Kier molecular flexibility index (Phi) is 3.74. The average molecular weight is 254 g/mol. The van der Waals surface area contributed by atoms with Crippen LogP contribution in [0.5, 0.6) is 0 Å². The van der Waals surface area contributed by atoms with E-state index in [1.54, 1.807) is 10.7 Å². The van der Waals surface area contributed by atoms with Crippen LogP contribution in [0.15, 0.2) is 24.4 Å². The molecule has 0 aliphatic heterocycles. The van der Waals surface area contributed by atoms with Crippen LogP contribution in [0.25, 0.3) is 0 Å². The lowest BCUT2D eigenvalue weighted by Gasteiger charge is -2.05. The van der Waals surface area contributed by atoms with Gasteiger partial charge in [0.05, 0.1) is 12.2 Å². The van der Waals surface area contributed by atoms with E-state index < -0.39 is 0 Å². The molecule has 1 heterocycles. The molecule has 0 aliphatic carbocycles. The number of halogens is 2. The van der Waals surface area contributed by atoms with Crippen LogP contribution in [0.4, 0.5) is 4.39 Å². The van der Waals surface area contributed by atoms with Crippen LogP contribution < -0.4 is 0 Å². The largest absolute Gasteiger partial charge is 0.248 e. The molecule has 0 bridgehead atoms. The van der Waals surface area contributed by atoms with Crippen LogP contribution >= 0.6 is 11.6 Å². The molecule has 17 heavy (non-hydrogen) atoms. The molecule has 5 heteroatoms. The highest BCUT2D eigenvalue weighted by atomic mass is 35.5. The maximum atomic E-state index is 12.9. The molecule has 0 atom stereocenters. The molecule has 90 valence electrons. The summed E-state index contributed by atoms with van der Waals surface area (Å²) in [7, 11) is 0. The zero-order chi connectivity index (χ0) is 12.3. The topological polar surface area (TPSA) is 30.7 Å². The zero-order valence-corrected chi connectivity index (χ0v) is 10.3. The molecular weight excluding hydrogens is 241 g/mol. The summed E-state index contributed by atoms with van der Waals surface area (Å²) in [6.45, 7) is 2.48. The van der Waals surface area contributed by atoms with Gasteiger partial charge in [0, 0.05) is 18.5 Å². The second kappa shape index (κ2) is 5.27. The minimum atomic E-state index is -0.215. The minimum absolute atomic E-state index is 0.215. The van der Waals surface area contributed by atoms with Gasteiger partial charge in [0.15, 0.2) is 0 Å². The van der Waals surface area contributed by atoms with Gasteiger partial charge in [0.25, 0.3) is 0 Å². The Balaban J connectivity index is 2.13. The van der Waals surface area contributed by atoms with Crippen molar-refractivity contribution in [3.05, 3.63) is 47.0 Å². The molecule has 0 N–H and O–H groups in total. The Morgan fingerprint density at radius 2 is 2.24 bits per heavy atom. The van der Waals surface area contributed by atoms with Crippen molar-refractivity contribution < 1.29 is 4.39 Å². The molecular formula is C12H13ClFN3. The van der Waals surface area contributed by atoms with Gasteiger partial charge < -0.3 is 0 Å². The SMILES string of the molecule is Cc1cc(F)ccc1Cn1cc(CCCl)nn1. The summed E-state index contributed by atoms with van der Waals surface area (Å²) in [4.78, 5) is 0. The molecule has 1 aromatic heterocycles. The average Bonchev–Trinajstić information content (AvgIpc) is 2.71. The van der Waals surface area contributed by atoms with Gasteiger partial charge in [0.1, 0.15) is 5.82 Å². The van der Waals surface area contributed by atoms with Crippen LogP contribution in [0.2, 0.25) is 0 Å². The van der Waals surface area contributed by atoms with Gasteiger partial charge in [-0.2, -0.15) is 0 Å². The van der Waals surface area contributed by atoms with Crippen LogP contribution in [0, 0.1) is 12.7 Å². The summed E-state index contributed by atoms with van der Waals surface area (Å²) in [5, 5.41) is 8.01. The molecule has 0 aliphatic rings. The van der Waals surface area contributed by atoms with E-state index in [2.05, 4.69) is 10.3 Å². The van der Waals surface area contributed by atoms with Crippen LogP contribution in [-0.2, 0) is 13.0 Å². The maximum absolute atomic E-state index is 12.9. The van der Waals surface area contributed by atoms with Crippen LogP contribution in [0.1, 0.15) is 16.8 Å². The fourth-order valence-electron chi connectivity index (χ4n) is 1.64. The lowest BCUT2D eigenvalue weighted by Crippen LogP contribution is -2.02. The first-order chi connectivity index (χ1) is 8.19. The maximum Gasteiger partial charge on any atom is 0.123 e. The van der Waals surface area contributed by atoms with Gasteiger partial charge in [-0.1, -0.05) is 11.3 Å². The number of hydrogen-bond acceptors (Lipinski definition) is 2. The van der Waals surface area contributed by atoms with Crippen molar-refractivity contribution in [3.8, 4) is 0 Å². The van der Waals surface area contributed by atoms with Gasteiger partial charge >= 0.3 is 0 Å². The van der Waals surface area contributed by atoms with E-state index in [0.29, 0.717) is 18.8 Å². The quantitative estimate of drug-likeness (QED) is 0.784. The van der Waals surface area contributed by atoms with E-state index >= 15 is 0 Å². The molecule has 2 aromatic rings. The Morgan fingerprint density at radius 3 is 2.94 bits per heavy atom. The molecule has 0 amide bonds. The Labute approximate surface area is 104 Å². The summed E-state index contributed by atoms with van der Waals surface area (Å²) in [5.74, 6) is 0.321. The van der Waals surface area contributed by atoms with Gasteiger partial charge in [-0.15, -0.1) is 16.7 Å². The molecule has 0 radical (unpaired) electrons. The lowest BCUT2D eigenvalue weighted by atomic mass is 10.1. The molecule has 0 spiro atoms. The molecule has 0 fully saturated rings. The van der Waals surface area contributed by atoms with Crippen molar-refractivity contribution in [2.75, 3.05) is 5.88 Å². The van der Waals surface area contributed by atoms with Crippen LogP contribution in [-0.4, -0.2) is 20.9 Å². The van der Waals surface area contributed by atoms with Gasteiger partial charge in [-0.3, -0.25) is 0 Å². The number of benzene rings is 1. The van der Waals surface area contributed by atoms with E-state index in [9.17, 15) is 4.39 Å². The Morgan fingerprint density at radius 1 is 1.41 bits per heavy atom. The summed E-state index contributed by atoms with van der Waals surface area (Å²) >= 11 is 5.63. The first kappa shape index (κ1) is 12.0. The third-order valence-electron chi connectivity index (χ3n) is 2.57. The summed E-state index contributed by atoms with van der Waals surface area (Å²) in [6, 6.07) is 4.75. The second-order valence-electron chi connectivity index (χ2n) is 3.92. The fourth-order valence-corrected chi connectivity index (χ4v) is 1.83. The summed E-state index contributed by atoms with van der Waals surface area (Å²) < 4.78 is 14.7. The third-order valence-corrected chi connectivity index (χ3v) is 2.76. The molecule has 0 saturated carbocycles. The van der Waals surface area contributed by atoms with E-state index in [1.807, 2.05) is 13.1 Å². The molecule has 1 aromatic carbocycles.